The fourth-order valence-electron chi connectivity index (χ4n) is 3.14. The minimum absolute atomic E-state index is 0.347. The third kappa shape index (κ3) is 3.34. The number of rotatable bonds is 5. The number of nitrogens with zero attached hydrogens (tertiary/aromatic N) is 6. The van der Waals surface area contributed by atoms with Gasteiger partial charge in [-0.2, -0.15) is 5.26 Å². The zero-order valence-electron chi connectivity index (χ0n) is 15.2. The van der Waals surface area contributed by atoms with Gasteiger partial charge in [0.15, 0.2) is 11.7 Å². The van der Waals surface area contributed by atoms with Gasteiger partial charge in [-0.05, 0) is 47.5 Å². The molecule has 9 heteroatoms. The first-order valence-electron chi connectivity index (χ1n) is 9.17. The number of carbonyl (C=O) groups is 1. The van der Waals surface area contributed by atoms with Gasteiger partial charge in [0.2, 0.25) is 5.91 Å². The summed E-state index contributed by atoms with van der Waals surface area (Å²) in [6, 6.07) is 17.3. The van der Waals surface area contributed by atoms with Crippen LogP contribution in [0.2, 0.25) is 0 Å². The van der Waals surface area contributed by atoms with E-state index in [0.29, 0.717) is 22.6 Å². The highest BCUT2D eigenvalue weighted by Crippen LogP contribution is 2.37. The molecule has 8 nitrogen and oxygen atoms in total. The maximum atomic E-state index is 12.8. The molecule has 0 bridgehead atoms. The Hall–Kier alpha value is -3.64. The molecule has 1 fully saturated rings. The summed E-state index contributed by atoms with van der Waals surface area (Å²) in [5, 5.41) is 24.9. The van der Waals surface area contributed by atoms with E-state index < -0.39 is 11.8 Å². The summed E-state index contributed by atoms with van der Waals surface area (Å²) in [6.07, 6.45) is 2.14. The van der Waals surface area contributed by atoms with E-state index in [1.807, 2.05) is 47.1 Å². The number of nitrogens with one attached hydrogen (secondary N) is 1. The van der Waals surface area contributed by atoms with E-state index in [9.17, 15) is 10.1 Å². The van der Waals surface area contributed by atoms with Crippen LogP contribution in [0.3, 0.4) is 0 Å². The molecule has 4 aromatic rings. The van der Waals surface area contributed by atoms with Gasteiger partial charge in [-0.25, -0.2) is 9.67 Å². The average molecular weight is 401 g/mol. The number of aromatic nitrogens is 5. The van der Waals surface area contributed by atoms with E-state index in [1.165, 1.54) is 11.3 Å². The fraction of sp³-hybridized carbons (Fsp3) is 0.200. The molecule has 1 aliphatic rings. The lowest BCUT2D eigenvalue weighted by Crippen LogP contribution is -2.19. The minimum atomic E-state index is -0.979. The molecule has 1 amide bonds. The molecule has 1 saturated carbocycles. The number of anilines is 1. The van der Waals surface area contributed by atoms with Crippen LogP contribution in [0.5, 0.6) is 0 Å². The number of nitriles is 1. The zero-order chi connectivity index (χ0) is 19.8. The fourth-order valence-corrected chi connectivity index (χ4v) is 4.15. The molecule has 2 aromatic heterocycles. The minimum Gasteiger partial charge on any atom is -0.325 e. The van der Waals surface area contributed by atoms with Gasteiger partial charge in [0.05, 0.1) is 22.3 Å². The van der Waals surface area contributed by atoms with Crippen LogP contribution in [0.15, 0.2) is 48.5 Å². The molecule has 0 aliphatic heterocycles. The lowest BCUT2D eigenvalue weighted by Gasteiger charge is -2.09. The standard InChI is InChI=1S/C20H15N7OS/c21-11-15(20-23-16-6-1-2-7-17(16)29-20)19(28)22-13-5-3-4-12(10-13)18-24-25-26-27(18)14-8-9-14/h1-7,10,14-15H,8-9H2,(H,22,28). The first kappa shape index (κ1) is 17.5. The van der Waals surface area contributed by atoms with Gasteiger partial charge in [-0.15, -0.1) is 16.4 Å². The summed E-state index contributed by atoms with van der Waals surface area (Å²) < 4.78 is 2.77. The molecule has 142 valence electrons. The Labute approximate surface area is 169 Å². The lowest BCUT2D eigenvalue weighted by molar-refractivity contribution is -0.116. The Morgan fingerprint density at radius 3 is 2.90 bits per heavy atom. The number of fused-ring (bicyclic) bond motifs is 1. The number of tetrazole rings is 1. The highest BCUT2D eigenvalue weighted by molar-refractivity contribution is 7.18. The van der Waals surface area contributed by atoms with Gasteiger partial charge in [0.1, 0.15) is 5.01 Å². The van der Waals surface area contributed by atoms with Crippen molar-refractivity contribution in [2.75, 3.05) is 5.32 Å². The second kappa shape index (κ2) is 7.07. The first-order chi connectivity index (χ1) is 14.2. The number of thiazole rings is 1. The van der Waals surface area contributed by atoms with Crippen LogP contribution < -0.4 is 5.32 Å². The Balaban J connectivity index is 1.40. The molecule has 5 rings (SSSR count). The molecule has 2 aromatic carbocycles. The summed E-state index contributed by atoms with van der Waals surface area (Å²) >= 11 is 1.36. The van der Waals surface area contributed by atoms with Crippen molar-refractivity contribution in [1.82, 2.24) is 25.2 Å². The summed E-state index contributed by atoms with van der Waals surface area (Å²) in [5.74, 6) is -0.718. The van der Waals surface area contributed by atoms with Gasteiger partial charge in [0.25, 0.3) is 0 Å². The van der Waals surface area contributed by atoms with E-state index in [0.717, 1.165) is 28.6 Å². The van der Waals surface area contributed by atoms with Crippen molar-refractivity contribution in [3.8, 4) is 17.5 Å². The summed E-state index contributed by atoms with van der Waals surface area (Å²) in [6.45, 7) is 0. The van der Waals surface area contributed by atoms with Crippen molar-refractivity contribution in [3.05, 3.63) is 53.5 Å². The molecular weight excluding hydrogens is 386 g/mol. The molecule has 1 N–H and O–H groups in total. The predicted octanol–water partition coefficient (Wildman–Crippen LogP) is 3.53. The van der Waals surface area contributed by atoms with Gasteiger partial charge in [-0.3, -0.25) is 4.79 Å². The maximum Gasteiger partial charge on any atom is 0.248 e. The third-order valence-corrected chi connectivity index (χ3v) is 5.82. The van der Waals surface area contributed by atoms with Crippen molar-refractivity contribution < 1.29 is 4.79 Å². The summed E-state index contributed by atoms with van der Waals surface area (Å²) in [5.41, 5.74) is 2.18. The van der Waals surface area contributed by atoms with Crippen LogP contribution in [0.4, 0.5) is 5.69 Å². The molecule has 0 saturated heterocycles. The number of carbonyl (C=O) groups excluding carboxylic acids is 1. The van der Waals surface area contributed by atoms with E-state index in [-0.39, 0.29) is 0 Å². The van der Waals surface area contributed by atoms with Gasteiger partial charge >= 0.3 is 0 Å². The van der Waals surface area contributed by atoms with Crippen molar-refractivity contribution in [2.24, 2.45) is 0 Å². The molecule has 1 unspecified atom stereocenters. The van der Waals surface area contributed by atoms with Crippen LogP contribution >= 0.6 is 11.3 Å². The molecule has 29 heavy (non-hydrogen) atoms. The SMILES string of the molecule is N#CC(C(=O)Nc1cccc(-c2nnnn2C2CC2)c1)c1nc2ccccc2s1. The largest absolute Gasteiger partial charge is 0.325 e. The predicted molar refractivity (Wildman–Crippen MR) is 108 cm³/mol. The van der Waals surface area contributed by atoms with Crippen LogP contribution in [0.25, 0.3) is 21.6 Å². The molecular formula is C20H15N7OS. The number of hydrogen-bond acceptors (Lipinski definition) is 7. The van der Waals surface area contributed by atoms with Crippen molar-refractivity contribution >= 4 is 33.1 Å². The third-order valence-electron chi connectivity index (χ3n) is 4.72. The number of para-hydroxylation sites is 1. The molecule has 0 radical (unpaired) electrons. The van der Waals surface area contributed by atoms with Crippen LogP contribution in [0, 0.1) is 11.3 Å². The quantitative estimate of drug-likeness (QED) is 0.548. The topological polar surface area (TPSA) is 109 Å². The van der Waals surface area contributed by atoms with E-state index in [1.54, 1.807) is 6.07 Å². The van der Waals surface area contributed by atoms with Crippen LogP contribution in [-0.2, 0) is 4.79 Å². The van der Waals surface area contributed by atoms with Crippen LogP contribution in [0.1, 0.15) is 29.8 Å². The second-order valence-electron chi connectivity index (χ2n) is 6.83. The van der Waals surface area contributed by atoms with E-state index in [2.05, 4.69) is 31.9 Å². The number of hydrogen-bond donors (Lipinski definition) is 1. The number of benzene rings is 2. The Bertz CT molecular complexity index is 1220. The van der Waals surface area contributed by atoms with Gasteiger partial charge in [0, 0.05) is 11.3 Å². The van der Waals surface area contributed by atoms with Crippen molar-refractivity contribution in [2.45, 2.75) is 24.8 Å². The molecule has 1 atom stereocenters. The summed E-state index contributed by atoms with van der Waals surface area (Å²) in [7, 11) is 0. The van der Waals surface area contributed by atoms with E-state index in [4.69, 9.17) is 0 Å². The maximum absolute atomic E-state index is 12.8. The van der Waals surface area contributed by atoms with Crippen molar-refractivity contribution in [3.63, 3.8) is 0 Å². The second-order valence-corrected chi connectivity index (χ2v) is 7.89. The highest BCUT2D eigenvalue weighted by Gasteiger charge is 2.28. The Morgan fingerprint density at radius 1 is 1.24 bits per heavy atom. The van der Waals surface area contributed by atoms with E-state index >= 15 is 0 Å². The molecule has 2 heterocycles. The normalized spacial score (nSPS) is 14.4. The lowest BCUT2D eigenvalue weighted by atomic mass is 10.1. The molecule has 0 spiro atoms. The number of amides is 1. The monoisotopic (exact) mass is 401 g/mol. The average Bonchev–Trinajstić information content (AvgIpc) is 3.30. The van der Waals surface area contributed by atoms with Gasteiger partial charge in [-0.1, -0.05) is 24.3 Å². The smallest absolute Gasteiger partial charge is 0.248 e. The Kier molecular flexibility index (Phi) is 4.26. The zero-order valence-corrected chi connectivity index (χ0v) is 16.0. The summed E-state index contributed by atoms with van der Waals surface area (Å²) in [4.78, 5) is 17.2. The van der Waals surface area contributed by atoms with Crippen molar-refractivity contribution in [1.29, 1.82) is 5.26 Å². The highest BCUT2D eigenvalue weighted by atomic mass is 32.1. The first-order valence-corrected chi connectivity index (χ1v) is 9.99. The van der Waals surface area contributed by atoms with Crippen LogP contribution in [-0.4, -0.2) is 31.1 Å². The Morgan fingerprint density at radius 2 is 2.10 bits per heavy atom. The molecule has 1 aliphatic carbocycles. The van der Waals surface area contributed by atoms with Gasteiger partial charge < -0.3 is 5.32 Å².